The van der Waals surface area contributed by atoms with Crippen LogP contribution in [-0.2, 0) is 4.74 Å². The van der Waals surface area contributed by atoms with Crippen molar-refractivity contribution < 1.29 is 14.6 Å². The lowest BCUT2D eigenvalue weighted by atomic mass is 10.4. The average molecular weight is 240 g/mol. The van der Waals surface area contributed by atoms with Gasteiger partial charge in [-0.1, -0.05) is 0 Å². The Balaban J connectivity index is 2.40. The summed E-state index contributed by atoms with van der Waals surface area (Å²) >= 11 is 0. The maximum absolute atomic E-state index is 8.55. The van der Waals surface area contributed by atoms with Gasteiger partial charge in [0.1, 0.15) is 0 Å². The Bertz CT molecular complexity index is 318. The smallest absolute Gasteiger partial charge is 0.168 e. The summed E-state index contributed by atoms with van der Waals surface area (Å²) in [5.74, 6) is 1.46. The molecule has 0 aliphatic carbocycles. The van der Waals surface area contributed by atoms with Crippen LogP contribution in [0.5, 0.6) is 5.75 Å². The normalized spacial score (nSPS) is 10.6. The molecular formula is C12H20N2O3. The minimum atomic E-state index is 0.0469. The molecule has 0 unspecified atom stereocenters. The Morgan fingerprint density at radius 3 is 2.94 bits per heavy atom. The molecule has 0 saturated heterocycles. The SMILES string of the molecule is CC(C)Oc1cccnc1NCCOCCO. The van der Waals surface area contributed by atoms with Crippen molar-refractivity contribution in [3.63, 3.8) is 0 Å². The third-order valence-electron chi connectivity index (χ3n) is 1.91. The fourth-order valence-electron chi connectivity index (χ4n) is 1.28. The quantitative estimate of drug-likeness (QED) is 0.670. The summed E-state index contributed by atoms with van der Waals surface area (Å²) in [6.07, 6.45) is 1.83. The zero-order chi connectivity index (χ0) is 12.5. The number of ether oxygens (including phenoxy) is 2. The molecule has 5 nitrogen and oxygen atoms in total. The molecule has 0 amide bonds. The summed E-state index contributed by atoms with van der Waals surface area (Å²) in [6, 6.07) is 3.72. The summed E-state index contributed by atoms with van der Waals surface area (Å²) < 4.78 is 10.8. The average Bonchev–Trinajstić information content (AvgIpc) is 2.30. The number of aliphatic hydroxyl groups is 1. The Morgan fingerprint density at radius 2 is 2.24 bits per heavy atom. The highest BCUT2D eigenvalue weighted by atomic mass is 16.5. The van der Waals surface area contributed by atoms with Crippen LogP contribution >= 0.6 is 0 Å². The number of aliphatic hydroxyl groups excluding tert-OH is 1. The van der Waals surface area contributed by atoms with Crippen LogP contribution in [-0.4, -0.2) is 42.6 Å². The van der Waals surface area contributed by atoms with Crippen LogP contribution in [0, 0.1) is 0 Å². The molecule has 2 N–H and O–H groups in total. The van der Waals surface area contributed by atoms with Gasteiger partial charge in [-0.2, -0.15) is 0 Å². The van der Waals surface area contributed by atoms with E-state index >= 15 is 0 Å². The number of pyridine rings is 1. The van der Waals surface area contributed by atoms with Crippen LogP contribution in [0.3, 0.4) is 0 Å². The molecule has 0 fully saturated rings. The Labute approximate surface area is 102 Å². The van der Waals surface area contributed by atoms with Crippen LogP contribution in [0.2, 0.25) is 0 Å². The van der Waals surface area contributed by atoms with E-state index in [2.05, 4.69) is 10.3 Å². The van der Waals surface area contributed by atoms with Gasteiger partial charge in [-0.3, -0.25) is 0 Å². The van der Waals surface area contributed by atoms with E-state index in [1.807, 2.05) is 26.0 Å². The van der Waals surface area contributed by atoms with Crippen LogP contribution in [0.15, 0.2) is 18.3 Å². The molecule has 0 aliphatic heterocycles. The highest BCUT2D eigenvalue weighted by Gasteiger charge is 2.05. The van der Waals surface area contributed by atoms with E-state index in [4.69, 9.17) is 14.6 Å². The predicted molar refractivity (Wildman–Crippen MR) is 66.4 cm³/mol. The lowest BCUT2D eigenvalue weighted by molar-refractivity contribution is 0.0991. The van der Waals surface area contributed by atoms with Crippen molar-refractivity contribution in [2.75, 3.05) is 31.7 Å². The number of nitrogens with one attached hydrogen (secondary N) is 1. The molecular weight excluding hydrogens is 220 g/mol. The first-order chi connectivity index (χ1) is 8.24. The summed E-state index contributed by atoms with van der Waals surface area (Å²) in [4.78, 5) is 4.21. The van der Waals surface area contributed by atoms with Crippen molar-refractivity contribution in [3.05, 3.63) is 18.3 Å². The summed E-state index contributed by atoms with van der Waals surface area (Å²) in [7, 11) is 0. The van der Waals surface area contributed by atoms with E-state index in [0.717, 1.165) is 5.75 Å². The molecule has 1 aromatic rings. The second-order valence-electron chi connectivity index (χ2n) is 3.78. The molecule has 0 atom stereocenters. The van der Waals surface area contributed by atoms with Crippen LogP contribution in [0.25, 0.3) is 0 Å². The Kier molecular flexibility index (Phi) is 6.35. The van der Waals surface area contributed by atoms with E-state index in [9.17, 15) is 0 Å². The zero-order valence-corrected chi connectivity index (χ0v) is 10.3. The van der Waals surface area contributed by atoms with Gasteiger partial charge in [0.25, 0.3) is 0 Å². The van der Waals surface area contributed by atoms with Gasteiger partial charge in [-0.25, -0.2) is 4.98 Å². The second kappa shape index (κ2) is 7.86. The van der Waals surface area contributed by atoms with Crippen LogP contribution < -0.4 is 10.1 Å². The van der Waals surface area contributed by atoms with Crippen molar-refractivity contribution in [2.45, 2.75) is 20.0 Å². The van der Waals surface area contributed by atoms with Crippen molar-refractivity contribution in [1.29, 1.82) is 0 Å². The van der Waals surface area contributed by atoms with E-state index in [-0.39, 0.29) is 12.7 Å². The van der Waals surface area contributed by atoms with Gasteiger partial charge in [-0.05, 0) is 26.0 Å². The first-order valence-electron chi connectivity index (χ1n) is 5.78. The predicted octanol–water partition coefficient (Wildman–Crippen LogP) is 1.29. The van der Waals surface area contributed by atoms with E-state index < -0.39 is 0 Å². The minimum Gasteiger partial charge on any atom is -0.487 e. The van der Waals surface area contributed by atoms with Gasteiger partial charge < -0.3 is 19.9 Å². The molecule has 1 rings (SSSR count). The van der Waals surface area contributed by atoms with Crippen molar-refractivity contribution in [3.8, 4) is 5.75 Å². The number of aromatic nitrogens is 1. The van der Waals surface area contributed by atoms with Gasteiger partial charge in [0, 0.05) is 12.7 Å². The van der Waals surface area contributed by atoms with Crippen molar-refractivity contribution in [2.24, 2.45) is 0 Å². The van der Waals surface area contributed by atoms with E-state index in [1.54, 1.807) is 6.20 Å². The van der Waals surface area contributed by atoms with Gasteiger partial charge in [0.05, 0.1) is 25.9 Å². The third kappa shape index (κ3) is 5.51. The molecule has 1 heterocycles. The standard InChI is InChI=1S/C12H20N2O3/c1-10(2)17-11-4-3-5-13-12(11)14-6-8-16-9-7-15/h3-5,10,15H,6-9H2,1-2H3,(H,13,14). The lowest BCUT2D eigenvalue weighted by Crippen LogP contribution is -2.14. The summed E-state index contributed by atoms with van der Waals surface area (Å²) in [5, 5.41) is 11.7. The second-order valence-corrected chi connectivity index (χ2v) is 3.78. The Morgan fingerprint density at radius 1 is 1.41 bits per heavy atom. The van der Waals surface area contributed by atoms with Gasteiger partial charge >= 0.3 is 0 Å². The molecule has 0 radical (unpaired) electrons. The van der Waals surface area contributed by atoms with Gasteiger partial charge in [0.15, 0.2) is 11.6 Å². The zero-order valence-electron chi connectivity index (χ0n) is 10.3. The number of nitrogens with zero attached hydrogens (tertiary/aromatic N) is 1. The highest BCUT2D eigenvalue weighted by Crippen LogP contribution is 2.21. The topological polar surface area (TPSA) is 63.6 Å². The first kappa shape index (κ1) is 13.7. The monoisotopic (exact) mass is 240 g/mol. The maximum Gasteiger partial charge on any atom is 0.168 e. The number of rotatable bonds is 8. The van der Waals surface area contributed by atoms with Gasteiger partial charge in [-0.15, -0.1) is 0 Å². The molecule has 0 bridgehead atoms. The fourth-order valence-corrected chi connectivity index (χ4v) is 1.28. The highest BCUT2D eigenvalue weighted by molar-refractivity contribution is 5.49. The van der Waals surface area contributed by atoms with E-state index in [0.29, 0.717) is 25.6 Å². The molecule has 1 aromatic heterocycles. The molecule has 0 aliphatic rings. The molecule has 17 heavy (non-hydrogen) atoms. The van der Waals surface area contributed by atoms with Crippen molar-refractivity contribution in [1.82, 2.24) is 4.98 Å². The molecule has 96 valence electrons. The van der Waals surface area contributed by atoms with Crippen molar-refractivity contribution >= 4 is 5.82 Å². The summed E-state index contributed by atoms with van der Waals surface area (Å²) in [5.41, 5.74) is 0. The third-order valence-corrected chi connectivity index (χ3v) is 1.91. The van der Waals surface area contributed by atoms with Crippen LogP contribution in [0.1, 0.15) is 13.8 Å². The van der Waals surface area contributed by atoms with E-state index in [1.165, 1.54) is 0 Å². The molecule has 0 aromatic carbocycles. The Hall–Kier alpha value is -1.33. The first-order valence-corrected chi connectivity index (χ1v) is 5.78. The number of hydrogen-bond acceptors (Lipinski definition) is 5. The largest absolute Gasteiger partial charge is 0.487 e. The van der Waals surface area contributed by atoms with Crippen LogP contribution in [0.4, 0.5) is 5.82 Å². The van der Waals surface area contributed by atoms with Gasteiger partial charge in [0.2, 0.25) is 0 Å². The molecule has 0 spiro atoms. The fraction of sp³-hybridized carbons (Fsp3) is 0.583. The maximum atomic E-state index is 8.55. The lowest BCUT2D eigenvalue weighted by Gasteiger charge is -2.14. The number of anilines is 1. The summed E-state index contributed by atoms with van der Waals surface area (Å²) in [6.45, 7) is 5.51. The number of hydrogen-bond donors (Lipinski definition) is 2. The molecule has 5 heteroatoms. The molecule has 0 saturated carbocycles. The minimum absolute atomic E-state index is 0.0469.